The standard InChI is InChI=1S/C13H22N4O2S.C9H18N2O2.C4H5ClN2S.ClH/c1-13(2,3)19-12(18)17-6-4-16(5-7-17)8-10-9-20-11(14)15-10;1-9(2,3)13-8(12)11-6-4-10-5-7-11;5-1-3-2-8-4(6)7-3;/h9H,4-8H2,1-3H3,(H2,14,15);10H,4-7H2,1-3H3;2H,1H2,(H2,6,7);1H. The van der Waals surface area contributed by atoms with Crippen LogP contribution < -0.4 is 16.8 Å². The maximum Gasteiger partial charge on any atom is 0.410 e. The maximum atomic E-state index is 11.9. The van der Waals surface area contributed by atoms with Crippen LogP contribution in [0.3, 0.4) is 0 Å². The number of amides is 2. The Morgan fingerprint density at radius 1 is 0.833 bits per heavy atom. The van der Waals surface area contributed by atoms with Crippen LogP contribution in [0.2, 0.25) is 0 Å². The summed E-state index contributed by atoms with van der Waals surface area (Å²) in [4.78, 5) is 37.4. The SMILES string of the molecule is CC(C)(C)OC(=O)N1CCN(Cc2csc(N)n2)CC1.CC(C)(C)OC(=O)N1CCNCC1.Cl.Nc1nc(CCl)cs1. The number of nitrogens with one attached hydrogen (secondary N) is 1. The van der Waals surface area contributed by atoms with Crippen LogP contribution in [-0.4, -0.2) is 100 Å². The van der Waals surface area contributed by atoms with Gasteiger partial charge in [-0.2, -0.15) is 0 Å². The van der Waals surface area contributed by atoms with Gasteiger partial charge in [-0.25, -0.2) is 19.6 Å². The van der Waals surface area contributed by atoms with Gasteiger partial charge < -0.3 is 36.1 Å². The van der Waals surface area contributed by atoms with E-state index < -0.39 is 5.60 Å². The van der Waals surface area contributed by atoms with Crippen molar-refractivity contribution < 1.29 is 19.1 Å². The summed E-state index contributed by atoms with van der Waals surface area (Å²) in [5, 5.41) is 8.20. The summed E-state index contributed by atoms with van der Waals surface area (Å²) in [6, 6.07) is 0. The van der Waals surface area contributed by atoms with Gasteiger partial charge in [0.05, 0.1) is 17.3 Å². The van der Waals surface area contributed by atoms with Crippen LogP contribution in [0.15, 0.2) is 10.8 Å². The van der Waals surface area contributed by atoms with Crippen LogP contribution >= 0.6 is 46.7 Å². The Labute approximate surface area is 268 Å². The highest BCUT2D eigenvalue weighted by molar-refractivity contribution is 7.13. The number of thiazole rings is 2. The van der Waals surface area contributed by atoms with E-state index in [1.165, 1.54) is 22.7 Å². The highest BCUT2D eigenvalue weighted by Gasteiger charge is 2.26. The van der Waals surface area contributed by atoms with Gasteiger partial charge >= 0.3 is 12.2 Å². The summed E-state index contributed by atoms with van der Waals surface area (Å²) < 4.78 is 10.6. The summed E-state index contributed by atoms with van der Waals surface area (Å²) in [5.41, 5.74) is 12.0. The number of alkyl halides is 1. The first-order valence-corrected chi connectivity index (χ1v) is 15.8. The Balaban J connectivity index is 0.000000344. The topological polar surface area (TPSA) is 152 Å². The molecule has 240 valence electrons. The third kappa shape index (κ3) is 15.4. The van der Waals surface area contributed by atoms with Crippen LogP contribution in [-0.2, 0) is 21.9 Å². The van der Waals surface area contributed by atoms with Gasteiger partial charge in [-0.3, -0.25) is 4.90 Å². The van der Waals surface area contributed by atoms with Gasteiger partial charge in [0.15, 0.2) is 10.3 Å². The van der Waals surface area contributed by atoms with Crippen LogP contribution in [0.25, 0.3) is 0 Å². The molecule has 0 aromatic carbocycles. The number of rotatable bonds is 3. The molecule has 2 aromatic heterocycles. The monoisotopic (exact) mass is 668 g/mol. The first-order chi connectivity index (χ1) is 19.1. The van der Waals surface area contributed by atoms with E-state index >= 15 is 0 Å². The molecule has 42 heavy (non-hydrogen) atoms. The van der Waals surface area contributed by atoms with Gasteiger partial charge in [0.1, 0.15) is 11.2 Å². The Morgan fingerprint density at radius 3 is 1.62 bits per heavy atom. The molecule has 0 spiro atoms. The first-order valence-electron chi connectivity index (χ1n) is 13.5. The molecule has 2 saturated heterocycles. The smallest absolute Gasteiger partial charge is 0.410 e. The van der Waals surface area contributed by atoms with E-state index in [0.29, 0.717) is 29.2 Å². The normalized spacial score (nSPS) is 15.8. The number of hydrogen-bond acceptors (Lipinski definition) is 12. The quantitative estimate of drug-likeness (QED) is 0.399. The molecule has 0 aliphatic carbocycles. The molecule has 0 radical (unpaired) electrons. The third-order valence-corrected chi connectivity index (χ3v) is 7.17. The van der Waals surface area contributed by atoms with Gasteiger partial charge in [0.2, 0.25) is 0 Å². The highest BCUT2D eigenvalue weighted by atomic mass is 35.5. The molecule has 2 fully saturated rings. The fourth-order valence-electron chi connectivity index (χ4n) is 3.60. The van der Waals surface area contributed by atoms with Crippen LogP contribution in [0.5, 0.6) is 0 Å². The molecular formula is C26H46Cl2N8O4S2. The number of hydrogen-bond donors (Lipinski definition) is 3. The second-order valence-electron chi connectivity index (χ2n) is 11.4. The van der Waals surface area contributed by atoms with E-state index in [0.717, 1.165) is 57.2 Å². The second-order valence-corrected chi connectivity index (χ2v) is 13.5. The summed E-state index contributed by atoms with van der Waals surface area (Å²) in [6.45, 7) is 18.3. The predicted molar refractivity (Wildman–Crippen MR) is 174 cm³/mol. The van der Waals surface area contributed by atoms with Crippen molar-refractivity contribution in [2.24, 2.45) is 0 Å². The van der Waals surface area contributed by atoms with Crippen molar-refractivity contribution in [1.29, 1.82) is 0 Å². The van der Waals surface area contributed by atoms with E-state index in [4.69, 9.17) is 32.5 Å². The summed E-state index contributed by atoms with van der Waals surface area (Å²) in [5.74, 6) is 0.452. The van der Waals surface area contributed by atoms with Crippen molar-refractivity contribution in [3.8, 4) is 0 Å². The van der Waals surface area contributed by atoms with E-state index in [9.17, 15) is 9.59 Å². The number of carbonyl (C=O) groups is 2. The van der Waals surface area contributed by atoms with Crippen molar-refractivity contribution >= 4 is 69.1 Å². The number of carbonyl (C=O) groups excluding carboxylic acids is 2. The molecule has 0 bridgehead atoms. The van der Waals surface area contributed by atoms with Crippen molar-refractivity contribution in [3.63, 3.8) is 0 Å². The van der Waals surface area contributed by atoms with Crippen LogP contribution in [0.1, 0.15) is 52.9 Å². The molecule has 0 atom stereocenters. The number of anilines is 2. The van der Waals surface area contributed by atoms with Crippen LogP contribution in [0, 0.1) is 0 Å². The average Bonchev–Trinajstić information content (AvgIpc) is 3.51. The van der Waals surface area contributed by atoms with Gasteiger partial charge in [-0.1, -0.05) is 0 Å². The fraction of sp³-hybridized carbons (Fsp3) is 0.692. The van der Waals surface area contributed by atoms with Crippen molar-refractivity contribution in [2.75, 3.05) is 63.8 Å². The van der Waals surface area contributed by atoms with E-state index in [-0.39, 0.29) is 30.2 Å². The molecule has 4 rings (SSSR count). The molecular weight excluding hydrogens is 623 g/mol. The molecule has 5 N–H and O–H groups in total. The Kier molecular flexibility index (Phi) is 16.1. The minimum Gasteiger partial charge on any atom is -0.444 e. The Morgan fingerprint density at radius 2 is 1.26 bits per heavy atom. The number of ether oxygens (including phenoxy) is 2. The van der Waals surface area contributed by atoms with E-state index in [1.807, 2.05) is 52.3 Å². The fourth-order valence-corrected chi connectivity index (χ4v) is 4.94. The molecule has 12 nitrogen and oxygen atoms in total. The van der Waals surface area contributed by atoms with Gasteiger partial charge in [0, 0.05) is 69.7 Å². The Hall–Kier alpha value is -2.10. The van der Waals surface area contributed by atoms with Crippen LogP contribution in [0.4, 0.5) is 19.9 Å². The zero-order valence-corrected chi connectivity index (χ0v) is 28.6. The van der Waals surface area contributed by atoms with Crippen molar-refractivity contribution in [1.82, 2.24) is 30.0 Å². The molecule has 2 amide bonds. The molecule has 2 aliphatic rings. The average molecular weight is 670 g/mol. The lowest BCUT2D eigenvalue weighted by molar-refractivity contribution is 0.0137. The van der Waals surface area contributed by atoms with E-state index in [2.05, 4.69) is 20.2 Å². The summed E-state index contributed by atoms with van der Waals surface area (Å²) in [7, 11) is 0. The van der Waals surface area contributed by atoms with Gasteiger partial charge in [0.25, 0.3) is 0 Å². The first kappa shape index (κ1) is 37.9. The minimum atomic E-state index is -0.438. The zero-order valence-electron chi connectivity index (χ0n) is 25.4. The lowest BCUT2D eigenvalue weighted by atomic mass is 10.2. The summed E-state index contributed by atoms with van der Waals surface area (Å²) in [6.07, 6.45) is -0.427. The summed E-state index contributed by atoms with van der Waals surface area (Å²) >= 11 is 8.30. The molecule has 4 heterocycles. The molecule has 0 saturated carbocycles. The minimum absolute atomic E-state index is 0. The number of nitrogens with two attached hydrogens (primary N) is 2. The molecule has 2 aliphatic heterocycles. The number of aromatic nitrogens is 2. The third-order valence-electron chi connectivity index (χ3n) is 5.45. The molecule has 16 heteroatoms. The van der Waals surface area contributed by atoms with Gasteiger partial charge in [-0.05, 0) is 41.5 Å². The maximum absolute atomic E-state index is 11.9. The van der Waals surface area contributed by atoms with Crippen molar-refractivity contribution in [2.45, 2.75) is 65.2 Å². The molecule has 2 aromatic rings. The second kappa shape index (κ2) is 17.9. The molecule has 0 unspecified atom stereocenters. The number of piperazine rings is 2. The predicted octanol–water partition coefficient (Wildman–Crippen LogP) is 4.49. The van der Waals surface area contributed by atoms with Crippen molar-refractivity contribution in [3.05, 3.63) is 22.1 Å². The Bertz CT molecular complexity index is 1080. The van der Waals surface area contributed by atoms with E-state index in [1.54, 1.807) is 9.80 Å². The van der Waals surface area contributed by atoms with Gasteiger partial charge in [-0.15, -0.1) is 46.7 Å². The lowest BCUT2D eigenvalue weighted by Gasteiger charge is -2.35. The zero-order chi connectivity index (χ0) is 30.6. The largest absolute Gasteiger partial charge is 0.444 e. The highest BCUT2D eigenvalue weighted by Crippen LogP contribution is 2.16. The number of halogens is 2. The number of nitrogen functional groups attached to an aromatic ring is 2. The number of nitrogens with zero attached hydrogens (tertiary/aromatic N) is 5. The lowest BCUT2D eigenvalue weighted by Crippen LogP contribution is -2.49.